The van der Waals surface area contributed by atoms with Gasteiger partial charge in [0.25, 0.3) is 0 Å². The van der Waals surface area contributed by atoms with Crippen LogP contribution in [0.3, 0.4) is 0 Å². The van der Waals surface area contributed by atoms with Crippen molar-refractivity contribution in [3.05, 3.63) is 0 Å². The smallest absolute Gasteiger partial charge is 0.0701 e. The van der Waals surface area contributed by atoms with Crippen LogP contribution in [0, 0.1) is 0 Å². The largest absolute Gasteiger partial charge is 0.379 e. The Bertz CT molecular complexity index is 448. The summed E-state index contributed by atoms with van der Waals surface area (Å²) >= 11 is 0. The van der Waals surface area contributed by atoms with E-state index in [1.807, 2.05) is 0 Å². The molecule has 0 bridgehead atoms. The molecule has 266 valence electrons. The van der Waals surface area contributed by atoms with E-state index in [0.29, 0.717) is 145 Å². The lowest BCUT2D eigenvalue weighted by atomic mass is 10.2. The molecule has 0 rings (SSSR count). The van der Waals surface area contributed by atoms with Crippen LogP contribution in [0.25, 0.3) is 0 Å². The second-order valence-corrected chi connectivity index (χ2v) is 9.76. The molecule has 0 saturated heterocycles. The molecule has 0 N–H and O–H groups in total. The van der Waals surface area contributed by atoms with Crippen LogP contribution in [0.2, 0.25) is 0 Å². The van der Waals surface area contributed by atoms with Crippen LogP contribution in [0.4, 0.5) is 0 Å². The fraction of sp³-hybridized carbons (Fsp3) is 1.00. The molecule has 0 aliphatic rings. The lowest BCUT2D eigenvalue weighted by Crippen LogP contribution is -2.15. The van der Waals surface area contributed by atoms with Crippen LogP contribution in [0.15, 0.2) is 0 Å². The first kappa shape index (κ1) is 43.5. The van der Waals surface area contributed by atoms with Crippen molar-refractivity contribution < 1.29 is 56.8 Å². The molecule has 0 amide bonds. The number of hydrogen-bond acceptors (Lipinski definition) is 12. The summed E-state index contributed by atoms with van der Waals surface area (Å²) in [7, 11) is 0. The summed E-state index contributed by atoms with van der Waals surface area (Å²) in [6, 6.07) is 0. The average Bonchev–Trinajstić information content (AvgIpc) is 3.04. The standard InChI is InChI=1S/C32H66O12/c1-3-5-7-8-10-34-12-14-36-16-18-38-20-22-40-24-26-42-28-30-44-32-31-43-29-27-41-25-23-39-21-19-37-17-15-35-13-11-33-9-6-4-2/h3-32H2,1-2H3. The molecule has 0 aromatic rings. The van der Waals surface area contributed by atoms with Gasteiger partial charge in [0.1, 0.15) is 0 Å². The van der Waals surface area contributed by atoms with Gasteiger partial charge >= 0.3 is 0 Å². The Balaban J connectivity index is 3.03. The van der Waals surface area contributed by atoms with Gasteiger partial charge in [-0.3, -0.25) is 0 Å². The van der Waals surface area contributed by atoms with E-state index in [9.17, 15) is 0 Å². The summed E-state index contributed by atoms with van der Waals surface area (Å²) in [5.41, 5.74) is 0. The van der Waals surface area contributed by atoms with Gasteiger partial charge in [-0.15, -0.1) is 0 Å². The third-order valence-electron chi connectivity index (χ3n) is 5.88. The fourth-order valence-corrected chi connectivity index (χ4v) is 3.40. The quantitative estimate of drug-likeness (QED) is 0.0910. The van der Waals surface area contributed by atoms with Crippen LogP contribution < -0.4 is 0 Å². The van der Waals surface area contributed by atoms with E-state index < -0.39 is 0 Å². The Morgan fingerprint density at radius 1 is 0.182 bits per heavy atom. The number of unbranched alkanes of at least 4 members (excludes halogenated alkanes) is 4. The van der Waals surface area contributed by atoms with Crippen LogP contribution in [0.1, 0.15) is 52.4 Å². The highest BCUT2D eigenvalue weighted by atomic mass is 16.6. The first-order chi connectivity index (χ1) is 21.9. The summed E-state index contributed by atoms with van der Waals surface area (Å²) in [4.78, 5) is 0. The highest BCUT2D eigenvalue weighted by Gasteiger charge is 1.97. The maximum absolute atomic E-state index is 5.53. The van der Waals surface area contributed by atoms with Crippen molar-refractivity contribution in [1.82, 2.24) is 0 Å². The lowest BCUT2D eigenvalue weighted by molar-refractivity contribution is -0.0283. The normalized spacial score (nSPS) is 11.6. The molecule has 0 aliphatic heterocycles. The van der Waals surface area contributed by atoms with Crippen molar-refractivity contribution in [3.63, 3.8) is 0 Å². The highest BCUT2D eigenvalue weighted by molar-refractivity contribution is 4.41. The van der Waals surface area contributed by atoms with E-state index in [-0.39, 0.29) is 0 Å². The molecule has 0 radical (unpaired) electrons. The Labute approximate surface area is 267 Å². The Kier molecular flexibility index (Phi) is 42.1. The number of hydrogen-bond donors (Lipinski definition) is 0. The molecule has 0 saturated carbocycles. The minimum absolute atomic E-state index is 0.522. The van der Waals surface area contributed by atoms with Gasteiger partial charge in [0.2, 0.25) is 0 Å². The minimum atomic E-state index is 0.522. The Morgan fingerprint density at radius 3 is 0.568 bits per heavy atom. The summed E-state index contributed by atoms with van der Waals surface area (Å²) in [5, 5.41) is 0. The van der Waals surface area contributed by atoms with Gasteiger partial charge in [-0.2, -0.15) is 0 Å². The topological polar surface area (TPSA) is 111 Å². The SMILES string of the molecule is CCCCCCOCCOCCOCCOCCOCCOCCOCCOCCOCCOCCOCCOCCCC. The average molecular weight is 643 g/mol. The zero-order valence-corrected chi connectivity index (χ0v) is 28.1. The molecule has 12 heteroatoms. The molecule has 0 aromatic heterocycles. The first-order valence-electron chi connectivity index (χ1n) is 16.8. The molecule has 0 aliphatic carbocycles. The molecule has 0 spiro atoms. The van der Waals surface area contributed by atoms with E-state index in [0.717, 1.165) is 32.5 Å². The molecule has 0 atom stereocenters. The van der Waals surface area contributed by atoms with Crippen molar-refractivity contribution >= 4 is 0 Å². The molecule has 0 heterocycles. The first-order valence-corrected chi connectivity index (χ1v) is 16.8. The van der Waals surface area contributed by atoms with Crippen LogP contribution in [-0.4, -0.2) is 159 Å². The zero-order chi connectivity index (χ0) is 31.7. The third-order valence-corrected chi connectivity index (χ3v) is 5.88. The van der Waals surface area contributed by atoms with E-state index in [2.05, 4.69) is 13.8 Å². The summed E-state index contributed by atoms with van der Waals surface area (Å²) in [6.07, 6.45) is 7.15. The summed E-state index contributed by atoms with van der Waals surface area (Å²) in [5.74, 6) is 0. The second kappa shape index (κ2) is 42.5. The van der Waals surface area contributed by atoms with Crippen molar-refractivity contribution in [2.45, 2.75) is 52.4 Å². The van der Waals surface area contributed by atoms with E-state index >= 15 is 0 Å². The van der Waals surface area contributed by atoms with Gasteiger partial charge in [-0.05, 0) is 12.8 Å². The number of ether oxygens (including phenoxy) is 12. The molecular weight excluding hydrogens is 576 g/mol. The van der Waals surface area contributed by atoms with Gasteiger partial charge in [-0.25, -0.2) is 0 Å². The van der Waals surface area contributed by atoms with Gasteiger partial charge in [0, 0.05) is 13.2 Å². The van der Waals surface area contributed by atoms with Crippen molar-refractivity contribution in [2.24, 2.45) is 0 Å². The Hall–Kier alpha value is -0.480. The molecule has 0 fully saturated rings. The second-order valence-electron chi connectivity index (χ2n) is 9.76. The monoisotopic (exact) mass is 642 g/mol. The van der Waals surface area contributed by atoms with Gasteiger partial charge in [0.15, 0.2) is 0 Å². The van der Waals surface area contributed by atoms with E-state index in [4.69, 9.17) is 56.8 Å². The third kappa shape index (κ3) is 41.5. The maximum Gasteiger partial charge on any atom is 0.0701 e. The Morgan fingerprint density at radius 2 is 0.364 bits per heavy atom. The van der Waals surface area contributed by atoms with E-state index in [1.165, 1.54) is 19.3 Å². The molecule has 44 heavy (non-hydrogen) atoms. The number of rotatable bonds is 41. The van der Waals surface area contributed by atoms with Crippen LogP contribution in [-0.2, 0) is 56.8 Å². The van der Waals surface area contributed by atoms with Crippen LogP contribution in [0.5, 0.6) is 0 Å². The molecule has 0 unspecified atom stereocenters. The molecule has 0 aromatic carbocycles. The highest BCUT2D eigenvalue weighted by Crippen LogP contribution is 1.98. The predicted molar refractivity (Wildman–Crippen MR) is 169 cm³/mol. The summed E-state index contributed by atoms with van der Waals surface area (Å²) < 4.78 is 65.7. The maximum atomic E-state index is 5.53. The molecule has 12 nitrogen and oxygen atoms in total. The summed E-state index contributed by atoms with van der Waals surface area (Å²) in [6.45, 7) is 18.2. The van der Waals surface area contributed by atoms with Gasteiger partial charge in [-0.1, -0.05) is 39.5 Å². The van der Waals surface area contributed by atoms with E-state index in [1.54, 1.807) is 0 Å². The van der Waals surface area contributed by atoms with Gasteiger partial charge < -0.3 is 56.8 Å². The van der Waals surface area contributed by atoms with Crippen molar-refractivity contribution in [1.29, 1.82) is 0 Å². The predicted octanol–water partition coefficient (Wildman–Crippen LogP) is 3.57. The minimum Gasteiger partial charge on any atom is -0.379 e. The molecular formula is C32H66O12. The lowest BCUT2D eigenvalue weighted by Gasteiger charge is -2.09. The fourth-order valence-electron chi connectivity index (χ4n) is 3.40. The van der Waals surface area contributed by atoms with Gasteiger partial charge in [0.05, 0.1) is 145 Å². The van der Waals surface area contributed by atoms with Crippen molar-refractivity contribution in [2.75, 3.05) is 159 Å². The zero-order valence-electron chi connectivity index (χ0n) is 28.1. The van der Waals surface area contributed by atoms with Crippen LogP contribution >= 0.6 is 0 Å². The van der Waals surface area contributed by atoms with Crippen molar-refractivity contribution in [3.8, 4) is 0 Å².